The predicted molar refractivity (Wildman–Crippen MR) is 94.5 cm³/mol. The number of hydrogen-bond donors (Lipinski definition) is 1. The number of carbonyl (C=O) groups excluding carboxylic acids is 3. The molecule has 1 aromatic carbocycles. The summed E-state index contributed by atoms with van der Waals surface area (Å²) in [4.78, 5) is 36.1. The monoisotopic (exact) mass is 361 g/mol. The summed E-state index contributed by atoms with van der Waals surface area (Å²) in [7, 11) is 1.54. The van der Waals surface area contributed by atoms with Gasteiger partial charge in [-0.2, -0.15) is 0 Å². The van der Waals surface area contributed by atoms with E-state index < -0.39 is 17.7 Å². The zero-order chi connectivity index (χ0) is 19.2. The highest BCUT2D eigenvalue weighted by Gasteiger charge is 2.43. The normalized spacial score (nSPS) is 15.9. The number of esters is 2. The zero-order valence-electron chi connectivity index (χ0n) is 15.2. The fourth-order valence-corrected chi connectivity index (χ4v) is 2.46. The molecule has 0 amide bonds. The molecule has 1 saturated heterocycles. The quantitative estimate of drug-likeness (QED) is 0.329. The van der Waals surface area contributed by atoms with Gasteiger partial charge in [0.05, 0.1) is 6.61 Å². The minimum Gasteiger partial charge on any atom is -0.419 e. The van der Waals surface area contributed by atoms with Crippen LogP contribution in [0.15, 0.2) is 36.0 Å². The lowest BCUT2D eigenvalue weighted by atomic mass is 10.1. The standard InChI is InChI=1S/C19H23NO6/c1-4-19(5-2)25-17(22)15(18(23)26-19)12-20-14-8-6-13(7-9-14)16(21)10-11-24-3/h6-9,12,20H,4-5,10-11H2,1-3H3. The maximum atomic E-state index is 12.1. The Kier molecular flexibility index (Phi) is 6.52. The molecule has 1 aromatic rings. The predicted octanol–water partition coefficient (Wildman–Crippen LogP) is 2.82. The number of Topliss-reactive ketones (excluding diaryl/α,β-unsaturated/α-hetero) is 1. The number of benzene rings is 1. The third-order valence-electron chi connectivity index (χ3n) is 4.20. The highest BCUT2D eigenvalue weighted by Crippen LogP contribution is 2.29. The molecule has 2 rings (SSSR count). The second-order valence-corrected chi connectivity index (χ2v) is 5.84. The Morgan fingerprint density at radius 3 is 2.19 bits per heavy atom. The van der Waals surface area contributed by atoms with Crippen molar-refractivity contribution >= 4 is 23.4 Å². The van der Waals surface area contributed by atoms with Crippen molar-refractivity contribution < 1.29 is 28.6 Å². The van der Waals surface area contributed by atoms with Crippen molar-refractivity contribution in [1.82, 2.24) is 0 Å². The molecule has 7 nitrogen and oxygen atoms in total. The zero-order valence-corrected chi connectivity index (χ0v) is 15.2. The van der Waals surface area contributed by atoms with E-state index in [-0.39, 0.29) is 11.4 Å². The summed E-state index contributed by atoms with van der Waals surface area (Å²) in [6.45, 7) is 3.94. The number of ether oxygens (including phenoxy) is 3. The van der Waals surface area contributed by atoms with Crippen molar-refractivity contribution in [2.75, 3.05) is 19.0 Å². The van der Waals surface area contributed by atoms with Crippen molar-refractivity contribution in [3.8, 4) is 0 Å². The average Bonchev–Trinajstić information content (AvgIpc) is 2.65. The van der Waals surface area contributed by atoms with Gasteiger partial charge in [0, 0.05) is 43.8 Å². The molecule has 1 heterocycles. The number of carbonyl (C=O) groups is 3. The molecule has 0 bridgehead atoms. The summed E-state index contributed by atoms with van der Waals surface area (Å²) in [5.41, 5.74) is 0.972. The Hall–Kier alpha value is -2.67. The van der Waals surface area contributed by atoms with Gasteiger partial charge in [-0.05, 0) is 24.3 Å². The number of rotatable bonds is 8. The van der Waals surface area contributed by atoms with Crippen LogP contribution in [-0.2, 0) is 23.8 Å². The second kappa shape index (κ2) is 8.62. The van der Waals surface area contributed by atoms with Crippen molar-refractivity contribution in [1.29, 1.82) is 0 Å². The van der Waals surface area contributed by atoms with Gasteiger partial charge in [-0.15, -0.1) is 0 Å². The molecule has 0 aliphatic carbocycles. The van der Waals surface area contributed by atoms with E-state index in [2.05, 4.69) is 5.32 Å². The lowest BCUT2D eigenvalue weighted by molar-refractivity contribution is -0.237. The maximum absolute atomic E-state index is 12.1. The van der Waals surface area contributed by atoms with E-state index >= 15 is 0 Å². The van der Waals surface area contributed by atoms with Gasteiger partial charge in [-0.25, -0.2) is 9.59 Å². The van der Waals surface area contributed by atoms with Crippen LogP contribution in [0.2, 0.25) is 0 Å². The van der Waals surface area contributed by atoms with Crippen molar-refractivity contribution in [2.45, 2.75) is 38.9 Å². The van der Waals surface area contributed by atoms with Crippen molar-refractivity contribution in [2.24, 2.45) is 0 Å². The van der Waals surface area contributed by atoms with E-state index in [4.69, 9.17) is 14.2 Å². The minimum absolute atomic E-state index is 0.0216. The fourth-order valence-electron chi connectivity index (χ4n) is 2.46. The third kappa shape index (κ3) is 4.49. The molecule has 1 fully saturated rings. The van der Waals surface area contributed by atoms with Gasteiger partial charge >= 0.3 is 11.9 Å². The molecule has 1 aliphatic rings. The number of cyclic esters (lactones) is 2. The summed E-state index contributed by atoms with van der Waals surface area (Å²) in [6.07, 6.45) is 2.34. The van der Waals surface area contributed by atoms with Gasteiger partial charge in [0.1, 0.15) is 0 Å². The molecule has 0 saturated carbocycles. The Morgan fingerprint density at radius 1 is 1.12 bits per heavy atom. The van der Waals surface area contributed by atoms with Crippen LogP contribution >= 0.6 is 0 Å². The Bertz CT molecular complexity index is 681. The molecule has 0 atom stereocenters. The summed E-state index contributed by atoms with van der Waals surface area (Å²) in [6, 6.07) is 6.68. The van der Waals surface area contributed by atoms with Gasteiger partial charge in [0.25, 0.3) is 5.79 Å². The van der Waals surface area contributed by atoms with E-state index in [1.165, 1.54) is 6.20 Å². The minimum atomic E-state index is -1.18. The highest BCUT2D eigenvalue weighted by molar-refractivity contribution is 6.15. The Balaban J connectivity index is 2.04. The van der Waals surface area contributed by atoms with Gasteiger partial charge in [-0.3, -0.25) is 4.79 Å². The van der Waals surface area contributed by atoms with Crippen LogP contribution in [0.1, 0.15) is 43.5 Å². The first kappa shape index (κ1) is 19.7. The number of methoxy groups -OCH3 is 1. The van der Waals surface area contributed by atoms with E-state index in [1.54, 1.807) is 45.2 Å². The van der Waals surface area contributed by atoms with Crippen LogP contribution < -0.4 is 5.32 Å². The van der Waals surface area contributed by atoms with Gasteiger partial charge in [0.2, 0.25) is 0 Å². The lowest BCUT2D eigenvalue weighted by Gasteiger charge is -2.34. The number of nitrogens with one attached hydrogen (secondary N) is 1. The molecular formula is C19H23NO6. The average molecular weight is 361 g/mol. The smallest absolute Gasteiger partial charge is 0.350 e. The first-order valence-electron chi connectivity index (χ1n) is 8.50. The molecular weight excluding hydrogens is 338 g/mol. The Morgan fingerprint density at radius 2 is 1.69 bits per heavy atom. The molecule has 0 spiro atoms. The molecule has 140 valence electrons. The molecule has 7 heteroatoms. The first-order chi connectivity index (χ1) is 12.4. The maximum Gasteiger partial charge on any atom is 0.350 e. The van der Waals surface area contributed by atoms with Gasteiger partial charge < -0.3 is 19.5 Å². The van der Waals surface area contributed by atoms with E-state index in [9.17, 15) is 14.4 Å². The van der Waals surface area contributed by atoms with Crippen molar-refractivity contribution in [3.05, 3.63) is 41.6 Å². The van der Waals surface area contributed by atoms with E-state index in [0.29, 0.717) is 37.1 Å². The number of anilines is 1. The van der Waals surface area contributed by atoms with E-state index in [0.717, 1.165) is 0 Å². The van der Waals surface area contributed by atoms with Crippen LogP contribution in [0.25, 0.3) is 0 Å². The molecule has 0 unspecified atom stereocenters. The number of hydrogen-bond acceptors (Lipinski definition) is 7. The largest absolute Gasteiger partial charge is 0.419 e. The molecule has 1 N–H and O–H groups in total. The van der Waals surface area contributed by atoms with Crippen molar-refractivity contribution in [3.63, 3.8) is 0 Å². The van der Waals surface area contributed by atoms with Gasteiger partial charge in [-0.1, -0.05) is 13.8 Å². The van der Waals surface area contributed by atoms with E-state index in [1.807, 2.05) is 0 Å². The fraction of sp³-hybridized carbons (Fsp3) is 0.421. The molecule has 0 radical (unpaired) electrons. The molecule has 1 aliphatic heterocycles. The summed E-state index contributed by atoms with van der Waals surface area (Å²) >= 11 is 0. The lowest BCUT2D eigenvalue weighted by Crippen LogP contribution is -2.45. The SMILES string of the molecule is CCC1(CC)OC(=O)C(=CNc2ccc(C(=O)CCOC)cc2)C(=O)O1. The van der Waals surface area contributed by atoms with Crippen LogP contribution in [0, 0.1) is 0 Å². The number of ketones is 1. The van der Waals surface area contributed by atoms with Crippen LogP contribution in [-0.4, -0.2) is 37.2 Å². The Labute approximate surface area is 152 Å². The summed E-state index contributed by atoms with van der Waals surface area (Å²) in [5.74, 6) is -2.64. The summed E-state index contributed by atoms with van der Waals surface area (Å²) < 4.78 is 15.5. The topological polar surface area (TPSA) is 90.9 Å². The first-order valence-corrected chi connectivity index (χ1v) is 8.50. The van der Waals surface area contributed by atoms with Gasteiger partial charge in [0.15, 0.2) is 11.4 Å². The van der Waals surface area contributed by atoms with Crippen LogP contribution in [0.4, 0.5) is 5.69 Å². The molecule has 26 heavy (non-hydrogen) atoms. The molecule has 0 aromatic heterocycles. The highest BCUT2D eigenvalue weighted by atomic mass is 16.7. The van der Waals surface area contributed by atoms with Crippen LogP contribution in [0.3, 0.4) is 0 Å². The van der Waals surface area contributed by atoms with Crippen LogP contribution in [0.5, 0.6) is 0 Å². The second-order valence-electron chi connectivity index (χ2n) is 5.84. The third-order valence-corrected chi connectivity index (χ3v) is 4.20. The summed E-state index contributed by atoms with van der Waals surface area (Å²) in [5, 5.41) is 2.85.